The van der Waals surface area contributed by atoms with Crippen LogP contribution in [0.5, 0.6) is 0 Å². The van der Waals surface area contributed by atoms with E-state index in [9.17, 15) is 4.79 Å². The summed E-state index contributed by atoms with van der Waals surface area (Å²) in [5, 5.41) is 3.07. The van der Waals surface area contributed by atoms with Gasteiger partial charge in [-0.1, -0.05) is 38.0 Å². The Balaban J connectivity index is 1.80. The van der Waals surface area contributed by atoms with Crippen molar-refractivity contribution in [2.45, 2.75) is 31.4 Å². The number of carbonyl (C=O) groups excluding carboxylic acids is 1. The van der Waals surface area contributed by atoms with E-state index >= 15 is 0 Å². The molecule has 1 aromatic rings. The second kappa shape index (κ2) is 8.32. The van der Waals surface area contributed by atoms with Crippen LogP contribution in [-0.2, 0) is 4.79 Å². The van der Waals surface area contributed by atoms with Gasteiger partial charge in [0.2, 0.25) is 5.91 Å². The zero-order chi connectivity index (χ0) is 14.2. The Morgan fingerprint density at radius 3 is 2.90 bits per heavy atom. The molecule has 0 aromatic heterocycles. The molecule has 0 spiro atoms. The fourth-order valence-electron chi connectivity index (χ4n) is 2.39. The van der Waals surface area contributed by atoms with Crippen molar-refractivity contribution in [3.63, 3.8) is 0 Å². The van der Waals surface area contributed by atoms with E-state index in [-0.39, 0.29) is 11.2 Å². The van der Waals surface area contributed by atoms with Crippen LogP contribution in [0.25, 0.3) is 0 Å². The summed E-state index contributed by atoms with van der Waals surface area (Å²) in [7, 11) is 0. The van der Waals surface area contributed by atoms with Crippen molar-refractivity contribution in [1.82, 2.24) is 4.90 Å². The molecule has 4 heteroatoms. The molecule has 1 heterocycles. The predicted octanol–water partition coefficient (Wildman–Crippen LogP) is 3.23. The molecule has 0 aliphatic carbocycles. The van der Waals surface area contributed by atoms with Crippen LogP contribution in [-0.4, -0.2) is 41.4 Å². The lowest BCUT2D eigenvalue weighted by molar-refractivity contribution is -0.116. The van der Waals surface area contributed by atoms with Gasteiger partial charge in [-0.15, -0.1) is 11.8 Å². The Bertz CT molecular complexity index is 410. The Morgan fingerprint density at radius 2 is 2.15 bits per heavy atom. The van der Waals surface area contributed by atoms with Crippen LogP contribution < -0.4 is 5.32 Å². The maximum absolute atomic E-state index is 12.3. The molecular weight excluding hydrogens is 268 g/mol. The minimum Gasteiger partial charge on any atom is -0.325 e. The normalized spacial score (nSPS) is 19.8. The van der Waals surface area contributed by atoms with Gasteiger partial charge in [-0.2, -0.15) is 0 Å². The van der Waals surface area contributed by atoms with Crippen LogP contribution >= 0.6 is 11.8 Å². The predicted molar refractivity (Wildman–Crippen MR) is 87.3 cm³/mol. The van der Waals surface area contributed by atoms with E-state index in [0.717, 1.165) is 31.1 Å². The van der Waals surface area contributed by atoms with Gasteiger partial charge in [0.25, 0.3) is 0 Å². The van der Waals surface area contributed by atoms with Crippen LogP contribution in [0.3, 0.4) is 0 Å². The average Bonchev–Trinajstić information content (AvgIpc) is 2.49. The largest absolute Gasteiger partial charge is 0.325 e. The summed E-state index contributed by atoms with van der Waals surface area (Å²) in [6.45, 7) is 5.35. The third-order valence-electron chi connectivity index (χ3n) is 3.56. The van der Waals surface area contributed by atoms with Crippen LogP contribution in [0.2, 0.25) is 0 Å². The summed E-state index contributed by atoms with van der Waals surface area (Å²) in [6.07, 6.45) is 3.78. The van der Waals surface area contributed by atoms with Gasteiger partial charge in [-0.05, 0) is 25.1 Å². The van der Waals surface area contributed by atoms with E-state index in [1.54, 1.807) is 11.8 Å². The highest BCUT2D eigenvalue weighted by atomic mass is 32.2. The van der Waals surface area contributed by atoms with Gasteiger partial charge in [0.1, 0.15) is 0 Å². The highest BCUT2D eigenvalue weighted by Crippen LogP contribution is 2.20. The average molecular weight is 292 g/mol. The molecule has 1 atom stereocenters. The first-order chi connectivity index (χ1) is 9.79. The summed E-state index contributed by atoms with van der Waals surface area (Å²) in [6, 6.07) is 9.72. The van der Waals surface area contributed by atoms with Crippen molar-refractivity contribution in [3.8, 4) is 0 Å². The molecule has 0 saturated carbocycles. The van der Waals surface area contributed by atoms with E-state index in [4.69, 9.17) is 0 Å². The van der Waals surface area contributed by atoms with Crippen molar-refractivity contribution >= 4 is 23.4 Å². The van der Waals surface area contributed by atoms with Crippen molar-refractivity contribution in [3.05, 3.63) is 30.3 Å². The number of hydrogen-bond acceptors (Lipinski definition) is 3. The SMILES string of the molecule is CCCCCN1CCSC(C(=O)Nc2ccccc2)C1. The van der Waals surface area contributed by atoms with Crippen molar-refractivity contribution in [1.29, 1.82) is 0 Å². The lowest BCUT2D eigenvalue weighted by atomic mass is 10.2. The van der Waals surface area contributed by atoms with E-state index in [0.29, 0.717) is 0 Å². The van der Waals surface area contributed by atoms with Crippen molar-refractivity contribution < 1.29 is 4.79 Å². The number of para-hydroxylation sites is 1. The number of thioether (sulfide) groups is 1. The third-order valence-corrected chi connectivity index (χ3v) is 4.75. The number of unbranched alkanes of at least 4 members (excludes halogenated alkanes) is 2. The van der Waals surface area contributed by atoms with Gasteiger partial charge >= 0.3 is 0 Å². The maximum Gasteiger partial charge on any atom is 0.238 e. The Hall–Kier alpha value is -1.00. The molecule has 1 aliphatic rings. The zero-order valence-corrected chi connectivity index (χ0v) is 13.0. The zero-order valence-electron chi connectivity index (χ0n) is 12.2. The molecule has 1 aliphatic heterocycles. The van der Waals surface area contributed by atoms with Crippen LogP contribution in [0.4, 0.5) is 5.69 Å². The van der Waals surface area contributed by atoms with Crippen molar-refractivity contribution in [2.24, 2.45) is 0 Å². The number of nitrogens with one attached hydrogen (secondary N) is 1. The Labute approximate surface area is 126 Å². The monoisotopic (exact) mass is 292 g/mol. The molecule has 110 valence electrons. The fraction of sp³-hybridized carbons (Fsp3) is 0.562. The second-order valence-electron chi connectivity index (χ2n) is 5.22. The van der Waals surface area contributed by atoms with E-state index in [1.807, 2.05) is 30.3 Å². The molecule has 20 heavy (non-hydrogen) atoms. The van der Waals surface area contributed by atoms with Gasteiger partial charge in [0.15, 0.2) is 0 Å². The minimum absolute atomic E-state index is 0.0607. The molecule has 1 amide bonds. The summed E-state index contributed by atoms with van der Waals surface area (Å²) in [5.74, 6) is 1.19. The standard InChI is InChI=1S/C16H24N2OS/c1-2-3-7-10-18-11-12-20-15(13-18)16(19)17-14-8-5-4-6-9-14/h4-6,8-9,15H,2-3,7,10-13H2,1H3,(H,17,19). The number of anilines is 1. The van der Waals surface area contributed by atoms with Gasteiger partial charge < -0.3 is 10.2 Å². The van der Waals surface area contributed by atoms with Crippen LogP contribution in [0.15, 0.2) is 30.3 Å². The molecule has 3 nitrogen and oxygen atoms in total. The van der Waals surface area contributed by atoms with E-state index < -0.39 is 0 Å². The lowest BCUT2D eigenvalue weighted by Gasteiger charge is -2.31. The summed E-state index contributed by atoms with van der Waals surface area (Å²) in [5.41, 5.74) is 0.890. The topological polar surface area (TPSA) is 32.3 Å². The second-order valence-corrected chi connectivity index (χ2v) is 6.53. The molecule has 1 fully saturated rings. The molecule has 1 N–H and O–H groups in total. The van der Waals surface area contributed by atoms with Gasteiger partial charge in [0, 0.05) is 24.5 Å². The molecule has 0 radical (unpaired) electrons. The quantitative estimate of drug-likeness (QED) is 0.817. The Morgan fingerprint density at radius 1 is 1.35 bits per heavy atom. The number of amides is 1. The van der Waals surface area contributed by atoms with Gasteiger partial charge in [-0.3, -0.25) is 4.79 Å². The highest BCUT2D eigenvalue weighted by molar-refractivity contribution is 8.00. The summed E-state index contributed by atoms with van der Waals surface area (Å²) >= 11 is 1.78. The molecule has 2 rings (SSSR count). The first-order valence-corrected chi connectivity index (χ1v) is 8.54. The van der Waals surface area contributed by atoms with Gasteiger partial charge in [-0.25, -0.2) is 0 Å². The maximum atomic E-state index is 12.3. The molecular formula is C16H24N2OS. The van der Waals surface area contributed by atoms with Crippen LogP contribution in [0.1, 0.15) is 26.2 Å². The minimum atomic E-state index is 0.0607. The van der Waals surface area contributed by atoms with Crippen LogP contribution in [0, 0.1) is 0 Å². The highest BCUT2D eigenvalue weighted by Gasteiger charge is 2.26. The number of nitrogens with zero attached hydrogens (tertiary/aromatic N) is 1. The van der Waals surface area contributed by atoms with E-state index in [2.05, 4.69) is 17.1 Å². The fourth-order valence-corrected chi connectivity index (χ4v) is 3.57. The third kappa shape index (κ3) is 4.84. The molecule has 0 bridgehead atoms. The summed E-state index contributed by atoms with van der Waals surface area (Å²) < 4.78 is 0. The lowest BCUT2D eigenvalue weighted by Crippen LogP contribution is -2.43. The number of rotatable bonds is 6. The summed E-state index contributed by atoms with van der Waals surface area (Å²) in [4.78, 5) is 14.7. The number of hydrogen-bond donors (Lipinski definition) is 1. The number of carbonyl (C=O) groups is 1. The first-order valence-electron chi connectivity index (χ1n) is 7.49. The van der Waals surface area contributed by atoms with Crippen molar-refractivity contribution in [2.75, 3.05) is 30.7 Å². The molecule has 1 saturated heterocycles. The Kier molecular flexibility index (Phi) is 6.40. The van der Waals surface area contributed by atoms with E-state index in [1.165, 1.54) is 19.3 Å². The molecule has 1 unspecified atom stereocenters. The first kappa shape index (κ1) is 15.4. The number of benzene rings is 1. The molecule has 1 aromatic carbocycles. The van der Waals surface area contributed by atoms with Gasteiger partial charge in [0.05, 0.1) is 5.25 Å². The smallest absolute Gasteiger partial charge is 0.238 e.